The Balaban J connectivity index is 0.000000135. The van der Waals surface area contributed by atoms with Crippen molar-refractivity contribution in [2.24, 2.45) is 0 Å². The van der Waals surface area contributed by atoms with Crippen LogP contribution in [0.25, 0.3) is 84.1 Å². The first-order chi connectivity index (χ1) is 32.4. The molecule has 4 heteroatoms. The second-order valence-electron chi connectivity index (χ2n) is 16.6. The maximum Gasteiger partial charge on any atom is 0.0405 e. The largest absolute Gasteiger partial charge is 0.399 e. The number of unbranched alkanes of at least 4 members (excludes halogenated alkanes) is 2. The molecule has 324 valence electrons. The molecule has 0 fully saturated rings. The highest BCUT2D eigenvalue weighted by atomic mass is 35.5. The first kappa shape index (κ1) is 44.5. The topological polar surface area (TPSA) is 26.0 Å². The summed E-state index contributed by atoms with van der Waals surface area (Å²) < 4.78 is 5.33. The lowest BCUT2D eigenvalue weighted by atomic mass is 9.97. The number of anilines is 1. The number of hydrogen-bond acceptors (Lipinski definition) is 3. The van der Waals surface area contributed by atoms with Crippen molar-refractivity contribution < 1.29 is 0 Å². The van der Waals surface area contributed by atoms with Gasteiger partial charge in [-0.25, -0.2) is 0 Å². The maximum absolute atomic E-state index is 6.02. The van der Waals surface area contributed by atoms with Crippen molar-refractivity contribution in [1.29, 1.82) is 0 Å². The van der Waals surface area contributed by atoms with Gasteiger partial charge in [0.05, 0.1) is 0 Å². The van der Waals surface area contributed by atoms with Gasteiger partial charge in [-0.3, -0.25) is 0 Å². The van der Waals surface area contributed by atoms with E-state index in [1.54, 1.807) is 0 Å². The van der Waals surface area contributed by atoms with Crippen LogP contribution in [0, 0.1) is 0 Å². The summed E-state index contributed by atoms with van der Waals surface area (Å²) in [6.45, 7) is 4.42. The Morgan fingerprint density at radius 1 is 0.379 bits per heavy atom. The van der Waals surface area contributed by atoms with Gasteiger partial charge in [0, 0.05) is 51.1 Å². The van der Waals surface area contributed by atoms with Gasteiger partial charge >= 0.3 is 0 Å². The molecule has 0 bridgehead atoms. The number of nitrogens with two attached hydrogens (primary N) is 1. The lowest BCUT2D eigenvalue weighted by molar-refractivity contribution is 0.772. The minimum absolute atomic E-state index is 0.794. The Labute approximate surface area is 401 Å². The number of fused-ring (bicyclic) bond motifs is 10. The molecule has 0 unspecified atom stereocenters. The number of nitrogen functional groups attached to an aromatic ring is 1. The van der Waals surface area contributed by atoms with E-state index in [4.69, 9.17) is 17.3 Å². The second kappa shape index (κ2) is 21.0. The van der Waals surface area contributed by atoms with Crippen molar-refractivity contribution in [2.75, 3.05) is 5.73 Å². The molecule has 0 aliphatic carbocycles. The van der Waals surface area contributed by atoms with E-state index >= 15 is 0 Å². The molecule has 66 heavy (non-hydrogen) atoms. The minimum Gasteiger partial charge on any atom is -0.399 e. The molecule has 0 aliphatic rings. The molecule has 12 aromatic rings. The van der Waals surface area contributed by atoms with Gasteiger partial charge in [0.15, 0.2) is 0 Å². The smallest absolute Gasteiger partial charge is 0.0405 e. The lowest BCUT2D eigenvalue weighted by Crippen LogP contribution is -1.87. The van der Waals surface area contributed by atoms with Gasteiger partial charge < -0.3 is 5.73 Å². The summed E-state index contributed by atoms with van der Waals surface area (Å²) in [5.74, 6) is 0. The van der Waals surface area contributed by atoms with Crippen LogP contribution in [-0.2, 0) is 6.42 Å². The highest BCUT2D eigenvalue weighted by Crippen LogP contribution is 2.42. The van der Waals surface area contributed by atoms with Gasteiger partial charge in [0.1, 0.15) is 0 Å². The Morgan fingerprint density at radius 2 is 0.833 bits per heavy atom. The van der Waals surface area contributed by atoms with Crippen LogP contribution in [0.3, 0.4) is 0 Å². The van der Waals surface area contributed by atoms with Crippen LogP contribution in [0.2, 0.25) is 5.02 Å². The quantitative estimate of drug-likeness (QED) is 0.165. The van der Waals surface area contributed by atoms with Crippen LogP contribution in [0.15, 0.2) is 218 Å². The molecule has 2 aromatic heterocycles. The van der Waals surface area contributed by atoms with Gasteiger partial charge in [-0.2, -0.15) is 0 Å². The molecular weight excluding hydrogens is 858 g/mol. The van der Waals surface area contributed by atoms with Crippen molar-refractivity contribution in [3.8, 4) is 22.3 Å². The van der Waals surface area contributed by atoms with Crippen LogP contribution in [0.1, 0.15) is 44.2 Å². The van der Waals surface area contributed by atoms with Gasteiger partial charge in [0.25, 0.3) is 0 Å². The van der Waals surface area contributed by atoms with E-state index in [-0.39, 0.29) is 0 Å². The highest BCUT2D eigenvalue weighted by Gasteiger charge is 2.12. The molecule has 0 atom stereocenters. The predicted octanol–water partition coefficient (Wildman–Crippen LogP) is 19.5. The van der Waals surface area contributed by atoms with Crippen molar-refractivity contribution in [1.82, 2.24) is 0 Å². The van der Waals surface area contributed by atoms with E-state index in [0.717, 1.165) is 17.1 Å². The van der Waals surface area contributed by atoms with E-state index < -0.39 is 0 Å². The number of benzene rings is 10. The second-order valence-corrected chi connectivity index (χ2v) is 19.2. The molecular formula is C62H52ClNS2. The van der Waals surface area contributed by atoms with Crippen molar-refractivity contribution >= 4 is 102 Å². The number of thiophene rings is 2. The Morgan fingerprint density at radius 3 is 1.30 bits per heavy atom. The van der Waals surface area contributed by atoms with E-state index in [1.165, 1.54) is 115 Å². The first-order valence-corrected chi connectivity index (χ1v) is 24.8. The van der Waals surface area contributed by atoms with Gasteiger partial charge in [0.2, 0.25) is 0 Å². The average Bonchev–Trinajstić information content (AvgIpc) is 3.94. The van der Waals surface area contributed by atoms with E-state index in [1.807, 2.05) is 59.1 Å². The van der Waals surface area contributed by atoms with E-state index in [9.17, 15) is 0 Å². The normalized spacial score (nSPS) is 11.0. The molecule has 2 heterocycles. The van der Waals surface area contributed by atoms with E-state index in [0.29, 0.717) is 0 Å². The Kier molecular flexibility index (Phi) is 14.2. The molecule has 0 aliphatic heterocycles. The number of halogens is 1. The summed E-state index contributed by atoms with van der Waals surface area (Å²) in [5.41, 5.74) is 14.6. The lowest BCUT2D eigenvalue weighted by Gasteiger charge is -2.06. The van der Waals surface area contributed by atoms with Crippen LogP contribution < -0.4 is 5.73 Å². The highest BCUT2D eigenvalue weighted by molar-refractivity contribution is 7.26. The SMILES string of the molecule is CCCCC.Clc1ccccc1.Nc1ccc2sc3ccc4cc(-c5ccccc5)ccc4c3c2c1.c1ccc(Cc2ccc3sc4ccc5cc(-c6ccccc6)ccc5c4c3c2)cc1. The van der Waals surface area contributed by atoms with Crippen molar-refractivity contribution in [3.63, 3.8) is 0 Å². The zero-order valence-electron chi connectivity index (χ0n) is 37.4. The zero-order valence-corrected chi connectivity index (χ0v) is 39.8. The third-order valence-electron chi connectivity index (χ3n) is 11.9. The predicted molar refractivity (Wildman–Crippen MR) is 295 cm³/mol. The van der Waals surface area contributed by atoms with Gasteiger partial charge in [-0.1, -0.05) is 196 Å². The van der Waals surface area contributed by atoms with Crippen LogP contribution in [0.4, 0.5) is 5.69 Å². The molecule has 0 amide bonds. The Bertz CT molecular complexity index is 3500. The fourth-order valence-electron chi connectivity index (χ4n) is 8.61. The van der Waals surface area contributed by atoms with Crippen molar-refractivity contribution in [3.05, 3.63) is 235 Å². The molecule has 2 N–H and O–H groups in total. The van der Waals surface area contributed by atoms with Crippen molar-refractivity contribution in [2.45, 2.75) is 39.5 Å². The summed E-state index contributed by atoms with van der Waals surface area (Å²) in [4.78, 5) is 0. The standard InChI is InChI=1S/C29H20S.C22H15NS.C6H5Cl.C5H12/c1-3-7-20(8-4-1)17-21-11-15-27-26(18-21)29-25-14-12-23(22-9-5-2-6-10-22)19-24(25)13-16-28(29)30-27;23-17-8-11-20-19(13-17)22-18-9-6-15(14-4-2-1-3-5-14)12-16(18)7-10-21(22)24-20;7-6-4-2-1-3-5-6;1-3-5-4-2/h1-16,18-19H,17H2;1-13H,23H2;1-5H;3-5H2,1-2H3. The molecule has 0 saturated carbocycles. The van der Waals surface area contributed by atoms with Crippen LogP contribution in [0.5, 0.6) is 0 Å². The molecule has 10 aromatic carbocycles. The Hall–Kier alpha value is -6.75. The molecule has 12 rings (SSSR count). The van der Waals surface area contributed by atoms with E-state index in [2.05, 4.69) is 196 Å². The zero-order chi connectivity index (χ0) is 45.2. The van der Waals surface area contributed by atoms with Crippen LogP contribution in [-0.4, -0.2) is 0 Å². The third-order valence-corrected chi connectivity index (χ3v) is 14.4. The number of hydrogen-bond donors (Lipinski definition) is 1. The summed E-state index contributed by atoms with van der Waals surface area (Å²) in [7, 11) is 0. The van der Waals surface area contributed by atoms with Gasteiger partial charge in [-0.15, -0.1) is 22.7 Å². The van der Waals surface area contributed by atoms with Crippen LogP contribution >= 0.6 is 34.3 Å². The summed E-state index contributed by atoms with van der Waals surface area (Å²) in [5, 5.41) is 11.3. The summed E-state index contributed by atoms with van der Waals surface area (Å²) >= 11 is 9.26. The molecule has 1 nitrogen and oxygen atoms in total. The summed E-state index contributed by atoms with van der Waals surface area (Å²) in [6.07, 6.45) is 5.05. The molecule has 0 saturated heterocycles. The fraction of sp³-hybridized carbons (Fsp3) is 0.0968. The average molecular weight is 911 g/mol. The molecule has 0 radical (unpaired) electrons. The minimum atomic E-state index is 0.794. The fourth-order valence-corrected chi connectivity index (χ4v) is 11.0. The summed E-state index contributed by atoms with van der Waals surface area (Å²) in [6, 6.07) is 77.1. The maximum atomic E-state index is 6.02. The first-order valence-electron chi connectivity index (χ1n) is 22.8. The number of rotatable bonds is 6. The monoisotopic (exact) mass is 909 g/mol. The molecule has 0 spiro atoms. The third kappa shape index (κ3) is 10.2. The van der Waals surface area contributed by atoms with Gasteiger partial charge in [-0.05, 0) is 128 Å².